The second kappa shape index (κ2) is 8.03. The molecule has 1 aromatic rings. The summed E-state index contributed by atoms with van der Waals surface area (Å²) in [5.41, 5.74) is 1.52. The summed E-state index contributed by atoms with van der Waals surface area (Å²) in [7, 11) is 0. The summed E-state index contributed by atoms with van der Waals surface area (Å²) in [6, 6.07) is 8.64. The van der Waals surface area contributed by atoms with Crippen LogP contribution in [0.25, 0.3) is 0 Å². The van der Waals surface area contributed by atoms with Crippen molar-refractivity contribution in [2.75, 3.05) is 0 Å². The van der Waals surface area contributed by atoms with E-state index in [1.807, 2.05) is 0 Å². The predicted molar refractivity (Wildman–Crippen MR) is 108 cm³/mol. The zero-order valence-electron chi connectivity index (χ0n) is 15.9. The van der Waals surface area contributed by atoms with E-state index >= 15 is 0 Å². The zero-order valence-corrected chi connectivity index (χ0v) is 16.7. The smallest absolute Gasteiger partial charge is 0.0406 e. The van der Waals surface area contributed by atoms with Crippen molar-refractivity contribution in [3.8, 4) is 0 Å². The monoisotopic (exact) mass is 358 g/mol. The molecule has 0 aliphatic heterocycles. The molecule has 0 aromatic heterocycles. The van der Waals surface area contributed by atoms with Gasteiger partial charge in [0.05, 0.1) is 0 Å². The highest BCUT2D eigenvalue weighted by Crippen LogP contribution is 2.50. The summed E-state index contributed by atoms with van der Waals surface area (Å²) < 4.78 is 0. The molecule has 0 heterocycles. The van der Waals surface area contributed by atoms with Crippen LogP contribution >= 0.6 is 11.6 Å². The summed E-state index contributed by atoms with van der Waals surface area (Å²) in [5, 5.41) is 0.868. The molecule has 4 atom stereocenters. The molecule has 3 aliphatic rings. The second-order valence-corrected chi connectivity index (χ2v) is 9.78. The van der Waals surface area contributed by atoms with E-state index in [0.29, 0.717) is 0 Å². The zero-order chi connectivity index (χ0) is 17.2. The molecule has 3 aliphatic carbocycles. The summed E-state index contributed by atoms with van der Waals surface area (Å²) in [5.74, 6) is 6.06. The van der Waals surface area contributed by atoms with E-state index in [1.54, 1.807) is 25.7 Å². The van der Waals surface area contributed by atoms with Crippen LogP contribution in [0.15, 0.2) is 24.3 Å². The Kier molecular flexibility index (Phi) is 5.75. The highest BCUT2D eigenvalue weighted by atomic mass is 35.5. The van der Waals surface area contributed by atoms with E-state index in [0.717, 1.165) is 40.5 Å². The molecule has 0 spiro atoms. The maximum Gasteiger partial charge on any atom is 0.0406 e. The maximum atomic E-state index is 6.05. The van der Waals surface area contributed by atoms with Crippen molar-refractivity contribution < 1.29 is 0 Å². The molecule has 4 unspecified atom stereocenters. The lowest BCUT2D eigenvalue weighted by Gasteiger charge is -2.45. The van der Waals surface area contributed by atoms with Gasteiger partial charge in [-0.3, -0.25) is 0 Å². The van der Waals surface area contributed by atoms with Gasteiger partial charge < -0.3 is 0 Å². The largest absolute Gasteiger partial charge is 0.0843 e. The SMILES string of the molecule is CCC1CCC2CC(C3CCC(c4ccc(Cl)cc4)CC3)CCC2C1. The normalized spacial score (nSPS) is 39.0. The van der Waals surface area contributed by atoms with Crippen LogP contribution in [0.5, 0.6) is 0 Å². The quantitative estimate of drug-likeness (QED) is 0.515. The molecule has 0 amide bonds. The van der Waals surface area contributed by atoms with Crippen molar-refractivity contribution in [3.05, 3.63) is 34.9 Å². The molecule has 3 saturated carbocycles. The van der Waals surface area contributed by atoms with Gasteiger partial charge in [0.1, 0.15) is 0 Å². The van der Waals surface area contributed by atoms with Gasteiger partial charge >= 0.3 is 0 Å². The van der Waals surface area contributed by atoms with Crippen LogP contribution in [0.3, 0.4) is 0 Å². The molecule has 0 saturated heterocycles. The molecule has 0 N–H and O–H groups in total. The minimum absolute atomic E-state index is 0.782. The van der Waals surface area contributed by atoms with Crippen LogP contribution in [0.2, 0.25) is 5.02 Å². The van der Waals surface area contributed by atoms with Crippen LogP contribution in [0, 0.1) is 29.6 Å². The first-order valence-electron chi connectivity index (χ1n) is 11.0. The van der Waals surface area contributed by atoms with Crippen LogP contribution in [0.4, 0.5) is 0 Å². The molecule has 1 heteroatoms. The molecule has 25 heavy (non-hydrogen) atoms. The van der Waals surface area contributed by atoms with Gasteiger partial charge in [0.15, 0.2) is 0 Å². The third-order valence-corrected chi connectivity index (χ3v) is 8.37. The topological polar surface area (TPSA) is 0 Å². The lowest BCUT2D eigenvalue weighted by Crippen LogP contribution is -2.34. The van der Waals surface area contributed by atoms with Crippen molar-refractivity contribution in [1.82, 2.24) is 0 Å². The molecule has 0 nitrogen and oxygen atoms in total. The van der Waals surface area contributed by atoms with Gasteiger partial charge in [-0.05, 0) is 111 Å². The molecular formula is C24H35Cl. The minimum atomic E-state index is 0.782. The average Bonchev–Trinajstić information content (AvgIpc) is 2.68. The van der Waals surface area contributed by atoms with Crippen molar-refractivity contribution in [1.29, 1.82) is 0 Å². The highest BCUT2D eigenvalue weighted by molar-refractivity contribution is 6.30. The molecule has 138 valence electrons. The van der Waals surface area contributed by atoms with Gasteiger partial charge in [0.25, 0.3) is 0 Å². The number of benzene rings is 1. The van der Waals surface area contributed by atoms with Gasteiger partial charge in [0.2, 0.25) is 0 Å². The van der Waals surface area contributed by atoms with Crippen LogP contribution < -0.4 is 0 Å². The number of fused-ring (bicyclic) bond motifs is 1. The summed E-state index contributed by atoms with van der Waals surface area (Å²) in [6.07, 6.45) is 16.4. The fourth-order valence-electron chi connectivity index (χ4n) is 6.48. The molecule has 0 radical (unpaired) electrons. The van der Waals surface area contributed by atoms with Crippen molar-refractivity contribution in [2.45, 2.75) is 83.5 Å². The van der Waals surface area contributed by atoms with E-state index in [2.05, 4.69) is 31.2 Å². The Bertz CT molecular complexity index is 540. The Morgan fingerprint density at radius 2 is 1.28 bits per heavy atom. The Labute approximate surface area is 159 Å². The van der Waals surface area contributed by atoms with Crippen LogP contribution in [0.1, 0.15) is 89.0 Å². The Balaban J connectivity index is 1.29. The molecule has 4 rings (SSSR count). The van der Waals surface area contributed by atoms with E-state index < -0.39 is 0 Å². The number of halogens is 1. The average molecular weight is 359 g/mol. The van der Waals surface area contributed by atoms with Crippen molar-refractivity contribution in [3.63, 3.8) is 0 Å². The lowest BCUT2D eigenvalue weighted by molar-refractivity contribution is 0.0629. The van der Waals surface area contributed by atoms with Gasteiger partial charge in [-0.25, -0.2) is 0 Å². The fraction of sp³-hybridized carbons (Fsp3) is 0.750. The first kappa shape index (κ1) is 17.9. The third-order valence-electron chi connectivity index (χ3n) is 8.12. The molecule has 0 bridgehead atoms. The van der Waals surface area contributed by atoms with Gasteiger partial charge in [-0.15, -0.1) is 0 Å². The summed E-state index contributed by atoms with van der Waals surface area (Å²) >= 11 is 6.05. The summed E-state index contributed by atoms with van der Waals surface area (Å²) in [4.78, 5) is 0. The van der Waals surface area contributed by atoms with Crippen molar-refractivity contribution in [2.24, 2.45) is 29.6 Å². The molecule has 3 fully saturated rings. The maximum absolute atomic E-state index is 6.05. The fourth-order valence-corrected chi connectivity index (χ4v) is 6.61. The lowest BCUT2D eigenvalue weighted by atomic mass is 9.60. The minimum Gasteiger partial charge on any atom is -0.0843 e. The van der Waals surface area contributed by atoms with Crippen LogP contribution in [-0.2, 0) is 0 Å². The predicted octanol–water partition coefficient (Wildman–Crippen LogP) is 7.86. The third kappa shape index (κ3) is 4.10. The number of rotatable bonds is 3. The van der Waals surface area contributed by atoms with Gasteiger partial charge in [-0.1, -0.05) is 43.5 Å². The Morgan fingerprint density at radius 3 is 1.96 bits per heavy atom. The second-order valence-electron chi connectivity index (χ2n) is 9.34. The number of hydrogen-bond donors (Lipinski definition) is 0. The van der Waals surface area contributed by atoms with E-state index in [-0.39, 0.29) is 0 Å². The van der Waals surface area contributed by atoms with Crippen LogP contribution in [-0.4, -0.2) is 0 Å². The van der Waals surface area contributed by atoms with Gasteiger partial charge in [-0.2, -0.15) is 0 Å². The first-order chi connectivity index (χ1) is 12.2. The van der Waals surface area contributed by atoms with Gasteiger partial charge in [0, 0.05) is 5.02 Å². The van der Waals surface area contributed by atoms with E-state index in [1.165, 1.54) is 50.5 Å². The van der Waals surface area contributed by atoms with E-state index in [4.69, 9.17) is 11.6 Å². The Hall–Kier alpha value is -0.490. The van der Waals surface area contributed by atoms with E-state index in [9.17, 15) is 0 Å². The summed E-state index contributed by atoms with van der Waals surface area (Å²) in [6.45, 7) is 2.40. The standard InChI is InChI=1S/C24H35Cl/c1-2-17-3-4-23-16-22(10-9-21(23)15-17)20-7-5-18(6-8-20)19-11-13-24(25)14-12-19/h11-14,17-18,20-23H,2-10,15-16H2,1H3. The first-order valence-corrected chi connectivity index (χ1v) is 11.4. The Morgan fingerprint density at radius 1 is 0.720 bits per heavy atom. The molecular weight excluding hydrogens is 324 g/mol. The van der Waals surface area contributed by atoms with Crippen molar-refractivity contribution >= 4 is 11.6 Å². The number of hydrogen-bond acceptors (Lipinski definition) is 0. The highest BCUT2D eigenvalue weighted by Gasteiger charge is 2.38. The molecule has 1 aromatic carbocycles.